The lowest BCUT2D eigenvalue weighted by molar-refractivity contribution is 0.297. The second-order valence-electron chi connectivity index (χ2n) is 4.51. The molecule has 0 radical (unpaired) electrons. The van der Waals surface area contributed by atoms with Crippen molar-refractivity contribution in [3.05, 3.63) is 24.0 Å². The van der Waals surface area contributed by atoms with Crippen LogP contribution in [0.25, 0.3) is 0 Å². The van der Waals surface area contributed by atoms with Gasteiger partial charge in [-0.15, -0.1) is 0 Å². The summed E-state index contributed by atoms with van der Waals surface area (Å²) < 4.78 is 5.31. The highest BCUT2D eigenvalue weighted by Gasteiger charge is 2.24. The van der Waals surface area contributed by atoms with E-state index >= 15 is 0 Å². The summed E-state index contributed by atoms with van der Waals surface area (Å²) in [4.78, 5) is 4.37. The Morgan fingerprint density at radius 1 is 1.38 bits per heavy atom. The summed E-state index contributed by atoms with van der Waals surface area (Å²) in [5.74, 6) is 1.39. The molecule has 1 aromatic heterocycles. The lowest BCUT2D eigenvalue weighted by Gasteiger charge is -2.27. The number of rotatable bonds is 3. The summed E-state index contributed by atoms with van der Waals surface area (Å²) in [6.07, 6.45) is 8.19. The molecule has 88 valence electrons. The first-order valence-corrected chi connectivity index (χ1v) is 6.07. The number of hydrogen-bond acceptors (Lipinski definition) is 3. The SMILES string of the molecule is COc1cccnc1C(N)C1CCCCC1. The molecule has 1 atom stereocenters. The molecule has 2 N–H and O–H groups in total. The minimum atomic E-state index is 0.0245. The molecule has 1 aromatic rings. The van der Waals surface area contributed by atoms with Crippen molar-refractivity contribution in [2.24, 2.45) is 11.7 Å². The minimum Gasteiger partial charge on any atom is -0.495 e. The Bertz CT molecular complexity index is 334. The molecule has 0 aliphatic heterocycles. The van der Waals surface area contributed by atoms with Crippen molar-refractivity contribution in [3.63, 3.8) is 0 Å². The Morgan fingerprint density at radius 3 is 2.81 bits per heavy atom. The van der Waals surface area contributed by atoms with Gasteiger partial charge in [-0.25, -0.2) is 0 Å². The number of hydrogen-bond donors (Lipinski definition) is 1. The van der Waals surface area contributed by atoms with Crippen molar-refractivity contribution >= 4 is 0 Å². The van der Waals surface area contributed by atoms with Crippen molar-refractivity contribution in [1.82, 2.24) is 4.98 Å². The summed E-state index contributed by atoms with van der Waals surface area (Å²) in [5, 5.41) is 0. The van der Waals surface area contributed by atoms with Gasteiger partial charge < -0.3 is 10.5 Å². The van der Waals surface area contributed by atoms with Crippen LogP contribution < -0.4 is 10.5 Å². The number of pyridine rings is 1. The van der Waals surface area contributed by atoms with Gasteiger partial charge in [0.15, 0.2) is 0 Å². The van der Waals surface area contributed by atoms with E-state index in [-0.39, 0.29) is 6.04 Å². The van der Waals surface area contributed by atoms with E-state index in [9.17, 15) is 0 Å². The Balaban J connectivity index is 2.15. The van der Waals surface area contributed by atoms with Gasteiger partial charge in [0.2, 0.25) is 0 Å². The molecule has 1 aliphatic carbocycles. The quantitative estimate of drug-likeness (QED) is 0.852. The maximum absolute atomic E-state index is 6.30. The largest absolute Gasteiger partial charge is 0.495 e. The molecule has 0 spiro atoms. The number of methoxy groups -OCH3 is 1. The first-order chi connectivity index (χ1) is 7.83. The third-order valence-electron chi connectivity index (χ3n) is 3.49. The van der Waals surface area contributed by atoms with Crippen molar-refractivity contribution in [1.29, 1.82) is 0 Å². The van der Waals surface area contributed by atoms with E-state index in [0.717, 1.165) is 11.4 Å². The molecule has 1 heterocycles. The van der Waals surface area contributed by atoms with Crippen LogP contribution in [0.2, 0.25) is 0 Å². The highest BCUT2D eigenvalue weighted by molar-refractivity contribution is 5.29. The second kappa shape index (κ2) is 5.30. The molecule has 1 unspecified atom stereocenters. The first-order valence-electron chi connectivity index (χ1n) is 6.07. The van der Waals surface area contributed by atoms with Crippen LogP contribution in [0.5, 0.6) is 5.75 Å². The number of ether oxygens (including phenoxy) is 1. The van der Waals surface area contributed by atoms with E-state index in [0.29, 0.717) is 5.92 Å². The fourth-order valence-electron chi connectivity index (χ4n) is 2.54. The highest BCUT2D eigenvalue weighted by atomic mass is 16.5. The molecule has 1 saturated carbocycles. The molecule has 1 fully saturated rings. The Morgan fingerprint density at radius 2 is 2.12 bits per heavy atom. The third-order valence-corrected chi connectivity index (χ3v) is 3.49. The standard InChI is InChI=1S/C13H20N2O/c1-16-11-8-5-9-15-13(11)12(14)10-6-3-2-4-7-10/h5,8-10,12H,2-4,6-7,14H2,1H3. The van der Waals surface area contributed by atoms with Gasteiger partial charge in [0.05, 0.1) is 18.8 Å². The minimum absolute atomic E-state index is 0.0245. The van der Waals surface area contributed by atoms with Gasteiger partial charge in [0.25, 0.3) is 0 Å². The van der Waals surface area contributed by atoms with E-state index < -0.39 is 0 Å². The third kappa shape index (κ3) is 2.35. The molecule has 2 rings (SSSR count). The van der Waals surface area contributed by atoms with Gasteiger partial charge in [-0.05, 0) is 30.9 Å². The van der Waals surface area contributed by atoms with E-state index in [1.807, 2.05) is 12.1 Å². The molecule has 0 bridgehead atoms. The summed E-state index contributed by atoms with van der Waals surface area (Å²) in [7, 11) is 1.67. The van der Waals surface area contributed by atoms with Gasteiger partial charge in [0.1, 0.15) is 5.75 Å². The van der Waals surface area contributed by atoms with Crippen LogP contribution in [0.1, 0.15) is 43.8 Å². The van der Waals surface area contributed by atoms with E-state index in [4.69, 9.17) is 10.5 Å². The normalized spacial score (nSPS) is 19.4. The summed E-state index contributed by atoms with van der Waals surface area (Å²) in [5.41, 5.74) is 7.22. The van der Waals surface area contributed by atoms with E-state index in [2.05, 4.69) is 4.98 Å². The average Bonchev–Trinajstić information content (AvgIpc) is 2.39. The summed E-state index contributed by atoms with van der Waals surface area (Å²) in [6, 6.07) is 3.84. The fourth-order valence-corrected chi connectivity index (χ4v) is 2.54. The van der Waals surface area contributed by atoms with Gasteiger partial charge in [-0.2, -0.15) is 0 Å². The van der Waals surface area contributed by atoms with Gasteiger partial charge >= 0.3 is 0 Å². The molecule has 0 amide bonds. The van der Waals surface area contributed by atoms with Crippen molar-refractivity contribution in [3.8, 4) is 5.75 Å². The zero-order valence-corrected chi connectivity index (χ0v) is 9.86. The highest BCUT2D eigenvalue weighted by Crippen LogP contribution is 2.34. The van der Waals surface area contributed by atoms with Crippen LogP contribution in [0, 0.1) is 5.92 Å². The van der Waals surface area contributed by atoms with Crippen LogP contribution in [-0.4, -0.2) is 12.1 Å². The topological polar surface area (TPSA) is 48.1 Å². The van der Waals surface area contributed by atoms with Crippen LogP contribution in [-0.2, 0) is 0 Å². The second-order valence-corrected chi connectivity index (χ2v) is 4.51. The molecule has 3 heteroatoms. The molecular weight excluding hydrogens is 200 g/mol. The lowest BCUT2D eigenvalue weighted by Crippen LogP contribution is -2.24. The van der Waals surface area contributed by atoms with Gasteiger partial charge in [0, 0.05) is 6.20 Å². The summed E-state index contributed by atoms with van der Waals surface area (Å²) >= 11 is 0. The number of nitrogens with zero attached hydrogens (tertiary/aromatic N) is 1. The maximum atomic E-state index is 6.30. The van der Waals surface area contributed by atoms with E-state index in [1.54, 1.807) is 13.3 Å². The van der Waals surface area contributed by atoms with E-state index in [1.165, 1.54) is 32.1 Å². The zero-order chi connectivity index (χ0) is 11.4. The van der Waals surface area contributed by atoms with Crippen molar-refractivity contribution in [2.75, 3.05) is 7.11 Å². The summed E-state index contributed by atoms with van der Waals surface area (Å²) in [6.45, 7) is 0. The smallest absolute Gasteiger partial charge is 0.141 e. The van der Waals surface area contributed by atoms with Gasteiger partial charge in [-0.3, -0.25) is 4.98 Å². The monoisotopic (exact) mass is 220 g/mol. The van der Waals surface area contributed by atoms with Crippen LogP contribution in [0.3, 0.4) is 0 Å². The fraction of sp³-hybridized carbons (Fsp3) is 0.615. The predicted molar refractivity (Wildman–Crippen MR) is 64.3 cm³/mol. The average molecular weight is 220 g/mol. The number of nitrogens with two attached hydrogens (primary N) is 1. The lowest BCUT2D eigenvalue weighted by atomic mass is 9.83. The predicted octanol–water partition coefficient (Wildman–Crippen LogP) is 2.67. The molecule has 0 saturated heterocycles. The Kier molecular flexibility index (Phi) is 3.78. The molecular formula is C13H20N2O. The van der Waals surface area contributed by atoms with Crippen LogP contribution in [0.15, 0.2) is 18.3 Å². The Hall–Kier alpha value is -1.09. The number of aromatic nitrogens is 1. The van der Waals surface area contributed by atoms with Crippen LogP contribution in [0.4, 0.5) is 0 Å². The van der Waals surface area contributed by atoms with Gasteiger partial charge in [-0.1, -0.05) is 19.3 Å². The molecule has 0 aromatic carbocycles. The Labute approximate surface area is 97.0 Å². The molecule has 16 heavy (non-hydrogen) atoms. The molecule has 1 aliphatic rings. The van der Waals surface area contributed by atoms with Crippen molar-refractivity contribution < 1.29 is 4.74 Å². The molecule has 3 nitrogen and oxygen atoms in total. The van der Waals surface area contributed by atoms with Crippen molar-refractivity contribution in [2.45, 2.75) is 38.1 Å². The van der Waals surface area contributed by atoms with Crippen LogP contribution >= 0.6 is 0 Å². The zero-order valence-electron chi connectivity index (χ0n) is 9.86. The first kappa shape index (κ1) is 11.4. The maximum Gasteiger partial charge on any atom is 0.141 e.